The zero-order valence-electron chi connectivity index (χ0n) is 15.2. The van der Waals surface area contributed by atoms with Crippen LogP contribution in [0.25, 0.3) is 11.1 Å². The Kier molecular flexibility index (Phi) is 4.92. The molecule has 0 aliphatic carbocycles. The van der Waals surface area contributed by atoms with Crippen molar-refractivity contribution >= 4 is 26.8 Å². The first-order valence-electron chi connectivity index (χ1n) is 8.71. The number of unbranched alkanes of at least 4 members (excludes halogenated alkanes) is 1. The standard InChI is InChI=1S/C17H23N3O5S/c1-4-5-7-20(12-6-8-26(23,24)9-12)17(22)13-11(2)25-15-14(13)16(21)19(3)10-18-15/h10,12H,4-9H2,1-3H3. The fourth-order valence-corrected chi connectivity index (χ4v) is 5.12. The summed E-state index contributed by atoms with van der Waals surface area (Å²) >= 11 is 0. The van der Waals surface area contributed by atoms with Gasteiger partial charge in [-0.3, -0.25) is 9.59 Å². The van der Waals surface area contributed by atoms with Crippen LogP contribution in [-0.4, -0.2) is 52.9 Å². The monoisotopic (exact) mass is 381 g/mol. The number of carbonyl (C=O) groups excluding carboxylic acids is 1. The van der Waals surface area contributed by atoms with Crippen LogP contribution in [0.3, 0.4) is 0 Å². The highest BCUT2D eigenvalue weighted by Gasteiger charge is 2.36. The molecule has 0 N–H and O–H groups in total. The van der Waals surface area contributed by atoms with Crippen LogP contribution in [0.15, 0.2) is 15.5 Å². The maximum atomic E-state index is 13.3. The number of fused-ring (bicyclic) bond motifs is 1. The molecule has 0 bridgehead atoms. The number of aromatic nitrogens is 2. The molecule has 142 valence electrons. The Morgan fingerprint density at radius 2 is 2.19 bits per heavy atom. The maximum absolute atomic E-state index is 13.3. The third-order valence-electron chi connectivity index (χ3n) is 4.82. The van der Waals surface area contributed by atoms with Crippen LogP contribution < -0.4 is 5.56 Å². The molecule has 1 atom stereocenters. The van der Waals surface area contributed by atoms with E-state index in [9.17, 15) is 18.0 Å². The minimum absolute atomic E-state index is 0.0342. The molecule has 2 aromatic rings. The molecular formula is C17H23N3O5S. The van der Waals surface area contributed by atoms with Gasteiger partial charge in [0.05, 0.1) is 17.1 Å². The van der Waals surface area contributed by atoms with E-state index < -0.39 is 9.84 Å². The number of carbonyl (C=O) groups is 1. The van der Waals surface area contributed by atoms with Crippen LogP contribution in [-0.2, 0) is 16.9 Å². The van der Waals surface area contributed by atoms with Gasteiger partial charge in [0.15, 0.2) is 9.84 Å². The Hall–Kier alpha value is -2.16. The van der Waals surface area contributed by atoms with E-state index >= 15 is 0 Å². The summed E-state index contributed by atoms with van der Waals surface area (Å²) in [6.45, 7) is 4.08. The lowest BCUT2D eigenvalue weighted by Gasteiger charge is -2.28. The summed E-state index contributed by atoms with van der Waals surface area (Å²) in [5.74, 6) is 0.0142. The van der Waals surface area contributed by atoms with Crippen molar-refractivity contribution in [2.24, 2.45) is 7.05 Å². The molecule has 1 fully saturated rings. The van der Waals surface area contributed by atoms with Crippen molar-refractivity contribution in [2.45, 2.75) is 39.2 Å². The van der Waals surface area contributed by atoms with Crippen molar-refractivity contribution in [3.05, 3.63) is 28.0 Å². The normalized spacial score (nSPS) is 19.1. The molecule has 1 saturated heterocycles. The fraction of sp³-hybridized carbons (Fsp3) is 0.588. The molecule has 0 spiro atoms. The molecule has 0 aromatic carbocycles. The number of hydrogen-bond donors (Lipinski definition) is 0. The summed E-state index contributed by atoms with van der Waals surface area (Å²) in [5, 5.41) is 0.153. The molecule has 1 amide bonds. The van der Waals surface area contributed by atoms with E-state index in [0.29, 0.717) is 18.7 Å². The molecule has 2 aromatic heterocycles. The first kappa shape index (κ1) is 18.6. The molecule has 9 heteroatoms. The van der Waals surface area contributed by atoms with Crippen LogP contribution in [0.5, 0.6) is 0 Å². The number of hydrogen-bond acceptors (Lipinski definition) is 6. The summed E-state index contributed by atoms with van der Waals surface area (Å²) in [5.41, 5.74) is -0.0396. The average molecular weight is 381 g/mol. The Bertz CT molecular complexity index is 1010. The van der Waals surface area contributed by atoms with Gasteiger partial charge in [0.2, 0.25) is 5.71 Å². The van der Waals surface area contributed by atoms with Gasteiger partial charge in [-0.25, -0.2) is 13.4 Å². The Morgan fingerprint density at radius 3 is 2.81 bits per heavy atom. The zero-order valence-corrected chi connectivity index (χ0v) is 16.0. The highest BCUT2D eigenvalue weighted by Crippen LogP contribution is 2.26. The highest BCUT2D eigenvalue weighted by atomic mass is 32.2. The second-order valence-electron chi connectivity index (χ2n) is 6.78. The van der Waals surface area contributed by atoms with Crippen molar-refractivity contribution in [3.63, 3.8) is 0 Å². The summed E-state index contributed by atoms with van der Waals surface area (Å²) in [7, 11) is -1.57. The molecule has 3 rings (SSSR count). The number of amides is 1. The molecule has 0 saturated carbocycles. The van der Waals surface area contributed by atoms with Crippen molar-refractivity contribution < 1.29 is 17.6 Å². The lowest BCUT2D eigenvalue weighted by molar-refractivity contribution is 0.0694. The largest absolute Gasteiger partial charge is 0.442 e. The minimum Gasteiger partial charge on any atom is -0.442 e. The molecule has 3 heterocycles. The summed E-state index contributed by atoms with van der Waals surface area (Å²) in [6, 6.07) is -0.371. The third kappa shape index (κ3) is 3.27. The molecule has 26 heavy (non-hydrogen) atoms. The second-order valence-corrected chi connectivity index (χ2v) is 9.01. The van der Waals surface area contributed by atoms with Gasteiger partial charge in [0.1, 0.15) is 17.5 Å². The van der Waals surface area contributed by atoms with Crippen LogP contribution in [0.2, 0.25) is 0 Å². The Morgan fingerprint density at radius 1 is 1.46 bits per heavy atom. The van der Waals surface area contributed by atoms with Crippen LogP contribution in [0.1, 0.15) is 42.3 Å². The third-order valence-corrected chi connectivity index (χ3v) is 6.57. The van der Waals surface area contributed by atoms with Gasteiger partial charge < -0.3 is 13.9 Å². The lowest BCUT2D eigenvalue weighted by Crippen LogP contribution is -2.42. The van der Waals surface area contributed by atoms with Gasteiger partial charge >= 0.3 is 0 Å². The molecular weight excluding hydrogens is 358 g/mol. The molecule has 8 nitrogen and oxygen atoms in total. The van der Waals surface area contributed by atoms with E-state index in [-0.39, 0.29) is 45.7 Å². The first-order valence-corrected chi connectivity index (χ1v) is 10.5. The zero-order chi connectivity index (χ0) is 19.1. The van der Waals surface area contributed by atoms with Crippen molar-refractivity contribution in [1.82, 2.24) is 14.5 Å². The lowest BCUT2D eigenvalue weighted by atomic mass is 10.1. The van der Waals surface area contributed by atoms with Crippen molar-refractivity contribution in [1.29, 1.82) is 0 Å². The predicted molar refractivity (Wildman–Crippen MR) is 97.0 cm³/mol. The van der Waals surface area contributed by atoms with Crippen LogP contribution >= 0.6 is 0 Å². The molecule has 1 unspecified atom stereocenters. The predicted octanol–water partition coefficient (Wildman–Crippen LogP) is 1.26. The van der Waals surface area contributed by atoms with Gasteiger partial charge in [0, 0.05) is 19.6 Å². The smallest absolute Gasteiger partial charge is 0.265 e. The van der Waals surface area contributed by atoms with Crippen molar-refractivity contribution in [3.8, 4) is 0 Å². The van der Waals surface area contributed by atoms with E-state index in [1.54, 1.807) is 18.9 Å². The molecule has 0 radical (unpaired) electrons. The van der Waals surface area contributed by atoms with Gasteiger partial charge in [0.25, 0.3) is 11.5 Å². The van der Waals surface area contributed by atoms with E-state index in [2.05, 4.69) is 4.98 Å². The van der Waals surface area contributed by atoms with Gasteiger partial charge in [-0.2, -0.15) is 0 Å². The SMILES string of the molecule is CCCCN(C(=O)c1c(C)oc2ncn(C)c(=O)c12)C1CCS(=O)(=O)C1. The maximum Gasteiger partial charge on any atom is 0.265 e. The highest BCUT2D eigenvalue weighted by molar-refractivity contribution is 7.91. The van der Waals surface area contributed by atoms with Gasteiger partial charge in [-0.05, 0) is 19.8 Å². The quantitative estimate of drug-likeness (QED) is 0.773. The van der Waals surface area contributed by atoms with Crippen LogP contribution in [0.4, 0.5) is 0 Å². The van der Waals surface area contributed by atoms with E-state index in [1.165, 1.54) is 10.9 Å². The topological polar surface area (TPSA) is 102 Å². The second kappa shape index (κ2) is 6.86. The van der Waals surface area contributed by atoms with Crippen LogP contribution in [0, 0.1) is 6.92 Å². The Balaban J connectivity index is 2.07. The average Bonchev–Trinajstić information content (AvgIpc) is 3.10. The fourth-order valence-electron chi connectivity index (χ4n) is 3.39. The number of aryl methyl sites for hydroxylation is 2. The van der Waals surface area contributed by atoms with E-state index in [0.717, 1.165) is 12.8 Å². The Labute approximate surface area is 151 Å². The molecule has 1 aliphatic heterocycles. The number of sulfone groups is 1. The molecule has 1 aliphatic rings. The number of rotatable bonds is 5. The minimum atomic E-state index is -3.13. The first-order chi connectivity index (χ1) is 12.2. The number of furan rings is 1. The number of nitrogens with zero attached hydrogens (tertiary/aromatic N) is 3. The van der Waals surface area contributed by atoms with E-state index in [4.69, 9.17) is 4.42 Å². The summed E-state index contributed by atoms with van der Waals surface area (Å²) in [6.07, 6.45) is 3.40. The summed E-state index contributed by atoms with van der Waals surface area (Å²) < 4.78 is 30.6. The summed E-state index contributed by atoms with van der Waals surface area (Å²) in [4.78, 5) is 31.5. The van der Waals surface area contributed by atoms with Gasteiger partial charge in [-0.1, -0.05) is 13.3 Å². The van der Waals surface area contributed by atoms with Gasteiger partial charge in [-0.15, -0.1) is 0 Å². The van der Waals surface area contributed by atoms with E-state index in [1.807, 2.05) is 6.92 Å². The van der Waals surface area contributed by atoms with Crippen molar-refractivity contribution in [2.75, 3.05) is 18.1 Å².